The topological polar surface area (TPSA) is 114 Å². The quantitative estimate of drug-likeness (QED) is 0.412. The van der Waals surface area contributed by atoms with Crippen LogP contribution >= 0.6 is 11.6 Å². The van der Waals surface area contributed by atoms with Gasteiger partial charge in [0.05, 0.1) is 17.0 Å². The maximum atomic E-state index is 13.2. The lowest BCUT2D eigenvalue weighted by Crippen LogP contribution is -2.45. The number of rotatable bonds is 9. The van der Waals surface area contributed by atoms with Crippen LogP contribution in [0.5, 0.6) is 5.75 Å². The van der Waals surface area contributed by atoms with E-state index in [0.29, 0.717) is 17.1 Å². The number of halogens is 1. The van der Waals surface area contributed by atoms with Crippen LogP contribution in [0.25, 0.3) is 0 Å². The van der Waals surface area contributed by atoms with Crippen molar-refractivity contribution in [3.8, 4) is 5.75 Å². The molecule has 0 spiro atoms. The predicted molar refractivity (Wildman–Crippen MR) is 132 cm³/mol. The highest BCUT2D eigenvalue weighted by molar-refractivity contribution is 7.89. The molecule has 10 heteroatoms. The minimum Gasteiger partial charge on any atom is -0.495 e. The Labute approximate surface area is 203 Å². The highest BCUT2D eigenvalue weighted by Crippen LogP contribution is 2.27. The van der Waals surface area contributed by atoms with Crippen LogP contribution in [0, 0.1) is 0 Å². The zero-order valence-corrected chi connectivity index (χ0v) is 20.1. The maximum Gasteiger partial charge on any atom is 0.242 e. The second-order valence-corrected chi connectivity index (χ2v) is 9.53. The van der Waals surface area contributed by atoms with Gasteiger partial charge >= 0.3 is 0 Å². The largest absolute Gasteiger partial charge is 0.495 e. The molecule has 0 aliphatic heterocycles. The number of hydrogen-bond donors (Lipinski definition) is 3. The monoisotopic (exact) mass is 501 g/mol. The van der Waals surface area contributed by atoms with Gasteiger partial charge < -0.3 is 15.4 Å². The van der Waals surface area contributed by atoms with Crippen molar-refractivity contribution in [3.05, 3.63) is 83.4 Å². The van der Waals surface area contributed by atoms with Crippen molar-refractivity contribution in [2.45, 2.75) is 24.3 Å². The minimum absolute atomic E-state index is 0.100. The Morgan fingerprint density at radius 3 is 2.24 bits per heavy atom. The highest BCUT2D eigenvalue weighted by Gasteiger charge is 2.27. The Morgan fingerprint density at radius 2 is 1.62 bits per heavy atom. The molecule has 8 nitrogen and oxygen atoms in total. The van der Waals surface area contributed by atoms with Gasteiger partial charge in [-0.15, -0.1) is 0 Å². The predicted octanol–water partition coefficient (Wildman–Crippen LogP) is 3.84. The van der Waals surface area contributed by atoms with Gasteiger partial charge in [0.25, 0.3) is 0 Å². The number of benzene rings is 3. The Morgan fingerprint density at radius 1 is 0.941 bits per heavy atom. The van der Waals surface area contributed by atoms with Crippen LogP contribution in [0.15, 0.2) is 77.7 Å². The molecule has 34 heavy (non-hydrogen) atoms. The molecule has 0 radical (unpaired) electrons. The average Bonchev–Trinajstić information content (AvgIpc) is 2.79. The standard InChI is InChI=1S/C24H24ClN3O5S/c1-16(29)26-18-9-6-10-19(14-18)27-24(30)22(13-17-7-4-3-5-8-17)28-34(31,32)20-11-12-23(33-2)21(25)15-20/h3-12,14-15,22,28H,13H2,1-2H3,(H,26,29)(H,27,30)/t22-/m1/s1. The Hall–Kier alpha value is -3.40. The van der Waals surface area contributed by atoms with Crippen LogP contribution in [0.4, 0.5) is 11.4 Å². The van der Waals surface area contributed by atoms with Gasteiger partial charge in [0, 0.05) is 18.3 Å². The number of hydrogen-bond acceptors (Lipinski definition) is 5. The lowest BCUT2D eigenvalue weighted by atomic mass is 10.1. The van der Waals surface area contributed by atoms with E-state index in [1.165, 1.54) is 32.2 Å². The molecule has 0 saturated heterocycles. The van der Waals surface area contributed by atoms with Gasteiger partial charge in [0.2, 0.25) is 21.8 Å². The third-order valence-corrected chi connectivity index (χ3v) is 6.55. The minimum atomic E-state index is -4.10. The fraction of sp³-hybridized carbons (Fsp3) is 0.167. The lowest BCUT2D eigenvalue weighted by molar-refractivity contribution is -0.117. The highest BCUT2D eigenvalue weighted by atomic mass is 35.5. The molecule has 0 heterocycles. The molecular weight excluding hydrogens is 478 g/mol. The smallest absolute Gasteiger partial charge is 0.242 e. The second kappa shape index (κ2) is 11.1. The zero-order chi connectivity index (χ0) is 24.7. The van der Waals surface area contributed by atoms with Crippen molar-refractivity contribution in [1.82, 2.24) is 4.72 Å². The number of anilines is 2. The van der Waals surface area contributed by atoms with E-state index in [9.17, 15) is 18.0 Å². The number of carbonyl (C=O) groups excluding carboxylic acids is 2. The summed E-state index contributed by atoms with van der Waals surface area (Å²) in [7, 11) is -2.67. The normalized spacial score (nSPS) is 12.0. The van der Waals surface area contributed by atoms with Gasteiger partial charge in [-0.3, -0.25) is 9.59 Å². The van der Waals surface area contributed by atoms with Crippen molar-refractivity contribution >= 4 is 44.8 Å². The van der Waals surface area contributed by atoms with Crippen LogP contribution < -0.4 is 20.1 Å². The third-order valence-electron chi connectivity index (χ3n) is 4.78. The molecule has 0 saturated carbocycles. The van der Waals surface area contributed by atoms with E-state index in [0.717, 1.165) is 5.56 Å². The van der Waals surface area contributed by atoms with E-state index < -0.39 is 22.0 Å². The molecule has 178 valence electrons. The van der Waals surface area contributed by atoms with Crippen LogP contribution in [0.1, 0.15) is 12.5 Å². The molecular formula is C24H24ClN3O5S. The molecule has 1 atom stereocenters. The van der Waals surface area contributed by atoms with Gasteiger partial charge in [-0.05, 0) is 48.4 Å². The summed E-state index contributed by atoms with van der Waals surface area (Å²) in [5.41, 5.74) is 1.67. The lowest BCUT2D eigenvalue weighted by Gasteiger charge is -2.19. The number of nitrogens with one attached hydrogen (secondary N) is 3. The van der Waals surface area contributed by atoms with E-state index in [1.54, 1.807) is 48.5 Å². The summed E-state index contributed by atoms with van der Waals surface area (Å²) in [6, 6.07) is 18.5. The first-order valence-corrected chi connectivity index (χ1v) is 12.1. The van der Waals surface area contributed by atoms with E-state index in [2.05, 4.69) is 15.4 Å². The van der Waals surface area contributed by atoms with Gasteiger partial charge in [0.15, 0.2) is 0 Å². The first-order chi connectivity index (χ1) is 16.2. The molecule has 3 rings (SSSR count). The first kappa shape index (κ1) is 25.2. The number of carbonyl (C=O) groups is 2. The van der Waals surface area contributed by atoms with Crippen LogP contribution in [0.3, 0.4) is 0 Å². The Bertz CT molecular complexity index is 1280. The fourth-order valence-electron chi connectivity index (χ4n) is 3.21. The van der Waals surface area contributed by atoms with Crippen molar-refractivity contribution in [1.29, 1.82) is 0 Å². The molecule has 0 aromatic heterocycles. The summed E-state index contributed by atoms with van der Waals surface area (Å²) < 4.78 is 33.7. The Balaban J connectivity index is 1.87. The van der Waals surface area contributed by atoms with E-state index in [-0.39, 0.29) is 22.2 Å². The molecule has 2 amide bonds. The van der Waals surface area contributed by atoms with E-state index in [4.69, 9.17) is 16.3 Å². The Kier molecular flexibility index (Phi) is 8.27. The summed E-state index contributed by atoms with van der Waals surface area (Å²) in [4.78, 5) is 24.4. The van der Waals surface area contributed by atoms with Crippen LogP contribution in [-0.4, -0.2) is 33.4 Å². The summed E-state index contributed by atoms with van der Waals surface area (Å²) in [6.45, 7) is 1.38. The summed E-state index contributed by atoms with van der Waals surface area (Å²) in [5.74, 6) is -0.485. The fourth-order valence-corrected chi connectivity index (χ4v) is 4.76. The van der Waals surface area contributed by atoms with Gasteiger partial charge in [0.1, 0.15) is 11.8 Å². The van der Waals surface area contributed by atoms with Crippen molar-refractivity contribution in [2.75, 3.05) is 17.7 Å². The molecule has 0 unspecified atom stereocenters. The molecule has 3 aromatic rings. The first-order valence-electron chi connectivity index (χ1n) is 10.3. The SMILES string of the molecule is COc1ccc(S(=O)(=O)N[C@H](Cc2ccccc2)C(=O)Nc2cccc(NC(C)=O)c2)cc1Cl. The number of sulfonamides is 1. The molecule has 0 bridgehead atoms. The molecule has 0 fully saturated rings. The molecule has 3 N–H and O–H groups in total. The molecule has 3 aromatic carbocycles. The van der Waals surface area contributed by atoms with Gasteiger partial charge in [-0.2, -0.15) is 4.72 Å². The van der Waals surface area contributed by atoms with Crippen molar-refractivity contribution in [2.24, 2.45) is 0 Å². The second-order valence-electron chi connectivity index (χ2n) is 7.41. The number of ether oxygens (including phenoxy) is 1. The van der Waals surface area contributed by atoms with E-state index >= 15 is 0 Å². The van der Waals surface area contributed by atoms with Gasteiger partial charge in [-0.25, -0.2) is 8.42 Å². The number of amides is 2. The maximum absolute atomic E-state index is 13.2. The molecule has 0 aliphatic rings. The van der Waals surface area contributed by atoms with Crippen LogP contribution in [-0.2, 0) is 26.0 Å². The summed E-state index contributed by atoms with van der Waals surface area (Å²) >= 11 is 6.10. The van der Waals surface area contributed by atoms with Crippen LogP contribution in [0.2, 0.25) is 5.02 Å². The summed E-state index contributed by atoms with van der Waals surface area (Å²) in [5, 5.41) is 5.48. The van der Waals surface area contributed by atoms with Gasteiger partial charge in [-0.1, -0.05) is 48.0 Å². The van der Waals surface area contributed by atoms with Crippen molar-refractivity contribution < 1.29 is 22.7 Å². The van der Waals surface area contributed by atoms with E-state index in [1.807, 2.05) is 6.07 Å². The average molecular weight is 502 g/mol. The zero-order valence-electron chi connectivity index (χ0n) is 18.5. The van der Waals surface area contributed by atoms with Crippen molar-refractivity contribution in [3.63, 3.8) is 0 Å². The third kappa shape index (κ3) is 6.80. The molecule has 0 aliphatic carbocycles. The number of methoxy groups -OCH3 is 1. The summed E-state index contributed by atoms with van der Waals surface area (Å²) in [6.07, 6.45) is 0.112.